The van der Waals surface area contributed by atoms with Crippen LogP contribution in [0.5, 0.6) is 5.75 Å². The zero-order chi connectivity index (χ0) is 17.2. The van der Waals surface area contributed by atoms with Gasteiger partial charge in [-0.1, -0.05) is 11.6 Å². The van der Waals surface area contributed by atoms with Crippen molar-refractivity contribution in [3.63, 3.8) is 0 Å². The monoisotopic (exact) mass is 360 g/mol. The molecule has 0 atom stereocenters. The molecule has 1 aliphatic heterocycles. The lowest BCUT2D eigenvalue weighted by Crippen LogP contribution is -2.51. The minimum Gasteiger partial charge on any atom is -0.484 e. The average molecular weight is 361 g/mol. The maximum absolute atomic E-state index is 12.2. The molecule has 1 aromatic rings. The molecule has 0 N–H and O–H groups in total. The van der Waals surface area contributed by atoms with Crippen molar-refractivity contribution in [3.8, 4) is 5.75 Å². The number of ether oxygens (including phenoxy) is 1. The van der Waals surface area contributed by atoms with Gasteiger partial charge in [0.2, 0.25) is 10.0 Å². The van der Waals surface area contributed by atoms with Gasteiger partial charge in [0.1, 0.15) is 5.75 Å². The van der Waals surface area contributed by atoms with Crippen LogP contribution >= 0.6 is 11.6 Å². The standard InChI is InChI=1S/C15H21ClN2O4S/c1-11-8-13(9-12(2)15(11)16)22-10-14(19)17-4-6-18(7-5-17)23(3,20)21/h8-9H,4-7,10H2,1-3H3. The molecule has 1 heterocycles. The summed E-state index contributed by atoms with van der Waals surface area (Å²) >= 11 is 6.10. The van der Waals surface area contributed by atoms with Crippen molar-refractivity contribution < 1.29 is 17.9 Å². The van der Waals surface area contributed by atoms with Crippen LogP contribution in [0.25, 0.3) is 0 Å². The number of benzene rings is 1. The van der Waals surface area contributed by atoms with Crippen molar-refractivity contribution in [3.05, 3.63) is 28.3 Å². The van der Waals surface area contributed by atoms with Crippen molar-refractivity contribution in [2.75, 3.05) is 39.0 Å². The SMILES string of the molecule is Cc1cc(OCC(=O)N2CCN(S(C)(=O)=O)CC2)cc(C)c1Cl. The number of hydrogen-bond acceptors (Lipinski definition) is 4. The number of nitrogens with zero attached hydrogens (tertiary/aromatic N) is 2. The molecule has 1 fully saturated rings. The molecule has 6 nitrogen and oxygen atoms in total. The zero-order valence-corrected chi connectivity index (χ0v) is 15.1. The normalized spacial score (nSPS) is 16.4. The van der Waals surface area contributed by atoms with Gasteiger partial charge in [-0.3, -0.25) is 4.79 Å². The van der Waals surface area contributed by atoms with Gasteiger partial charge in [0.15, 0.2) is 6.61 Å². The summed E-state index contributed by atoms with van der Waals surface area (Å²) in [5.41, 5.74) is 1.80. The molecule has 1 aromatic carbocycles. The highest BCUT2D eigenvalue weighted by molar-refractivity contribution is 7.88. The van der Waals surface area contributed by atoms with Crippen LogP contribution in [0, 0.1) is 13.8 Å². The smallest absolute Gasteiger partial charge is 0.260 e. The highest BCUT2D eigenvalue weighted by Gasteiger charge is 2.26. The van der Waals surface area contributed by atoms with Gasteiger partial charge in [-0.05, 0) is 37.1 Å². The molecule has 23 heavy (non-hydrogen) atoms. The first kappa shape index (κ1) is 18.0. The van der Waals surface area contributed by atoms with Crippen LogP contribution in [-0.2, 0) is 14.8 Å². The Morgan fingerprint density at radius 1 is 1.17 bits per heavy atom. The number of rotatable bonds is 4. The summed E-state index contributed by atoms with van der Waals surface area (Å²) in [4.78, 5) is 13.8. The Morgan fingerprint density at radius 3 is 2.17 bits per heavy atom. The minimum absolute atomic E-state index is 0.0701. The molecule has 1 aliphatic rings. The van der Waals surface area contributed by atoms with E-state index in [1.54, 1.807) is 17.0 Å². The second kappa shape index (κ2) is 7.07. The fourth-order valence-corrected chi connectivity index (χ4v) is 3.43. The van der Waals surface area contributed by atoms with Gasteiger partial charge >= 0.3 is 0 Å². The van der Waals surface area contributed by atoms with E-state index in [0.717, 1.165) is 11.1 Å². The van der Waals surface area contributed by atoms with Crippen LogP contribution in [0.3, 0.4) is 0 Å². The summed E-state index contributed by atoms with van der Waals surface area (Å²) in [6.45, 7) is 5.11. The van der Waals surface area contributed by atoms with Crippen molar-refractivity contribution in [1.29, 1.82) is 0 Å². The van der Waals surface area contributed by atoms with E-state index in [4.69, 9.17) is 16.3 Å². The Labute approximate surface area is 142 Å². The predicted molar refractivity (Wildman–Crippen MR) is 89.4 cm³/mol. The topological polar surface area (TPSA) is 66.9 Å². The molecule has 0 unspecified atom stereocenters. The molecular formula is C15H21ClN2O4S. The number of carbonyl (C=O) groups is 1. The first-order chi connectivity index (χ1) is 10.7. The molecule has 0 aliphatic carbocycles. The zero-order valence-electron chi connectivity index (χ0n) is 13.5. The van der Waals surface area contributed by atoms with E-state index in [-0.39, 0.29) is 12.5 Å². The van der Waals surface area contributed by atoms with Gasteiger partial charge in [-0.15, -0.1) is 0 Å². The number of aryl methyl sites for hydroxylation is 2. The van der Waals surface area contributed by atoms with E-state index in [9.17, 15) is 13.2 Å². The van der Waals surface area contributed by atoms with Crippen LogP contribution in [0.4, 0.5) is 0 Å². The third-order valence-corrected chi connectivity index (χ3v) is 5.73. The van der Waals surface area contributed by atoms with Crippen molar-refractivity contribution in [1.82, 2.24) is 9.21 Å². The fraction of sp³-hybridized carbons (Fsp3) is 0.533. The first-order valence-corrected chi connectivity index (χ1v) is 9.53. The van der Waals surface area contributed by atoms with Gasteiger partial charge < -0.3 is 9.64 Å². The van der Waals surface area contributed by atoms with Crippen molar-refractivity contribution in [2.45, 2.75) is 13.8 Å². The predicted octanol–water partition coefficient (Wildman–Crippen LogP) is 1.44. The first-order valence-electron chi connectivity index (χ1n) is 7.31. The number of amides is 1. The van der Waals surface area contributed by atoms with E-state index < -0.39 is 10.0 Å². The van der Waals surface area contributed by atoms with E-state index >= 15 is 0 Å². The van der Waals surface area contributed by atoms with Crippen molar-refractivity contribution >= 4 is 27.5 Å². The summed E-state index contributed by atoms with van der Waals surface area (Å²) in [6.07, 6.45) is 1.18. The van der Waals surface area contributed by atoms with Crippen LogP contribution in [0.1, 0.15) is 11.1 Å². The molecule has 8 heteroatoms. The lowest BCUT2D eigenvalue weighted by atomic mass is 10.1. The Balaban J connectivity index is 1.89. The third kappa shape index (κ3) is 4.59. The van der Waals surface area contributed by atoms with E-state index in [0.29, 0.717) is 37.0 Å². The number of hydrogen-bond donors (Lipinski definition) is 0. The summed E-state index contributed by atoms with van der Waals surface area (Å²) in [5, 5.41) is 0.695. The average Bonchev–Trinajstić information content (AvgIpc) is 2.49. The second-order valence-electron chi connectivity index (χ2n) is 5.70. The van der Waals surface area contributed by atoms with Crippen LogP contribution < -0.4 is 4.74 Å². The van der Waals surface area contributed by atoms with Gasteiger partial charge in [0, 0.05) is 31.2 Å². The van der Waals surface area contributed by atoms with E-state index in [1.807, 2.05) is 13.8 Å². The molecule has 0 bridgehead atoms. The number of sulfonamides is 1. The molecular weight excluding hydrogens is 340 g/mol. The molecule has 1 amide bonds. The van der Waals surface area contributed by atoms with Crippen LogP contribution in [0.15, 0.2) is 12.1 Å². The summed E-state index contributed by atoms with van der Waals surface area (Å²) in [6, 6.07) is 3.59. The van der Waals surface area contributed by atoms with E-state index in [2.05, 4.69) is 0 Å². The number of piperazine rings is 1. The fourth-order valence-electron chi connectivity index (χ4n) is 2.50. The molecule has 2 rings (SSSR count). The number of halogens is 1. The highest BCUT2D eigenvalue weighted by atomic mass is 35.5. The molecule has 0 aromatic heterocycles. The van der Waals surface area contributed by atoms with Gasteiger partial charge in [-0.25, -0.2) is 8.42 Å². The maximum atomic E-state index is 12.2. The molecule has 0 saturated carbocycles. The van der Waals surface area contributed by atoms with Gasteiger partial charge in [-0.2, -0.15) is 4.31 Å². The van der Waals surface area contributed by atoms with Crippen LogP contribution in [0.2, 0.25) is 5.02 Å². The largest absolute Gasteiger partial charge is 0.484 e. The Hall–Kier alpha value is -1.31. The molecule has 128 valence electrons. The molecule has 0 radical (unpaired) electrons. The summed E-state index contributed by atoms with van der Waals surface area (Å²) < 4.78 is 29.8. The Bertz CT molecular complexity index is 674. The summed E-state index contributed by atoms with van der Waals surface area (Å²) in [5.74, 6) is 0.455. The highest BCUT2D eigenvalue weighted by Crippen LogP contribution is 2.25. The van der Waals surface area contributed by atoms with Gasteiger partial charge in [0.25, 0.3) is 5.91 Å². The molecule has 1 saturated heterocycles. The quantitative estimate of drug-likeness (QED) is 0.814. The second-order valence-corrected chi connectivity index (χ2v) is 8.06. The lowest BCUT2D eigenvalue weighted by molar-refractivity contribution is -0.134. The van der Waals surface area contributed by atoms with Gasteiger partial charge in [0.05, 0.1) is 6.26 Å². The Morgan fingerprint density at radius 2 is 1.70 bits per heavy atom. The molecule has 0 spiro atoms. The van der Waals surface area contributed by atoms with Crippen molar-refractivity contribution in [2.24, 2.45) is 0 Å². The number of carbonyl (C=O) groups excluding carboxylic acids is 1. The summed E-state index contributed by atoms with van der Waals surface area (Å²) in [7, 11) is -3.19. The Kier molecular flexibility index (Phi) is 5.54. The minimum atomic E-state index is -3.19. The third-order valence-electron chi connectivity index (χ3n) is 3.83. The maximum Gasteiger partial charge on any atom is 0.260 e. The van der Waals surface area contributed by atoms with Crippen LogP contribution in [-0.4, -0.2) is 62.6 Å². The van der Waals surface area contributed by atoms with E-state index in [1.165, 1.54) is 10.6 Å². The lowest BCUT2D eigenvalue weighted by Gasteiger charge is -2.33.